The summed E-state index contributed by atoms with van der Waals surface area (Å²) in [6, 6.07) is 7.90. The normalized spacial score (nSPS) is 16.7. The van der Waals surface area contributed by atoms with Gasteiger partial charge in [-0.3, -0.25) is 4.79 Å². The molecule has 1 saturated heterocycles. The summed E-state index contributed by atoms with van der Waals surface area (Å²) < 4.78 is 18.8. The van der Waals surface area contributed by atoms with Crippen molar-refractivity contribution in [3.05, 3.63) is 52.8 Å². The second-order valence-corrected chi connectivity index (χ2v) is 8.08. The van der Waals surface area contributed by atoms with E-state index in [0.717, 1.165) is 17.1 Å². The first kappa shape index (κ1) is 21.5. The Morgan fingerprint density at radius 3 is 3.00 bits per heavy atom. The van der Waals surface area contributed by atoms with E-state index in [0.29, 0.717) is 35.9 Å². The number of carbonyl (C=O) groups excluding carboxylic acids is 1. The second kappa shape index (κ2) is 10.0. The standard InChI is InChI=1S/C21H26FN3O3S/c1-3-29-21-19(20(27)23-11-15-5-4-6-16(22)10-15)14(2)9-18(24-21)25-7-8-28-13-17(25)12-26/h4-6,9-10,17,26H,3,7-8,11-13H2,1-2H3,(H,23,27). The highest BCUT2D eigenvalue weighted by Gasteiger charge is 2.26. The van der Waals surface area contributed by atoms with Crippen LogP contribution in [0.15, 0.2) is 35.4 Å². The molecule has 0 saturated carbocycles. The predicted molar refractivity (Wildman–Crippen MR) is 112 cm³/mol. The molecule has 2 N–H and O–H groups in total. The summed E-state index contributed by atoms with van der Waals surface area (Å²) in [6.45, 7) is 5.77. The summed E-state index contributed by atoms with van der Waals surface area (Å²) in [6.07, 6.45) is 0. The average molecular weight is 420 g/mol. The van der Waals surface area contributed by atoms with Crippen molar-refractivity contribution in [2.75, 3.05) is 37.0 Å². The Morgan fingerprint density at radius 2 is 2.28 bits per heavy atom. The van der Waals surface area contributed by atoms with Crippen molar-refractivity contribution in [2.24, 2.45) is 0 Å². The fraction of sp³-hybridized carbons (Fsp3) is 0.429. The monoisotopic (exact) mass is 419 g/mol. The van der Waals surface area contributed by atoms with Crippen molar-refractivity contribution in [3.8, 4) is 0 Å². The molecule has 156 valence electrons. The van der Waals surface area contributed by atoms with Gasteiger partial charge in [-0.1, -0.05) is 19.1 Å². The van der Waals surface area contributed by atoms with Crippen LogP contribution in [0.3, 0.4) is 0 Å². The molecule has 6 nitrogen and oxygen atoms in total. The zero-order valence-electron chi connectivity index (χ0n) is 16.7. The SMILES string of the molecule is CCSc1nc(N2CCOCC2CO)cc(C)c1C(=O)NCc1cccc(F)c1. The number of nitrogens with zero attached hydrogens (tertiary/aromatic N) is 2. The summed E-state index contributed by atoms with van der Waals surface area (Å²) >= 11 is 1.50. The molecule has 1 amide bonds. The van der Waals surface area contributed by atoms with Crippen LogP contribution in [-0.4, -0.2) is 54.2 Å². The van der Waals surface area contributed by atoms with Crippen LogP contribution >= 0.6 is 11.8 Å². The molecule has 3 rings (SSSR count). The minimum atomic E-state index is -0.329. The van der Waals surface area contributed by atoms with E-state index in [9.17, 15) is 14.3 Å². The number of morpholine rings is 1. The number of amides is 1. The molecule has 0 bridgehead atoms. The number of benzene rings is 1. The zero-order chi connectivity index (χ0) is 20.8. The highest BCUT2D eigenvalue weighted by atomic mass is 32.2. The largest absolute Gasteiger partial charge is 0.394 e. The molecule has 1 aromatic carbocycles. The maximum atomic E-state index is 13.4. The van der Waals surface area contributed by atoms with Crippen LogP contribution in [0.5, 0.6) is 0 Å². The van der Waals surface area contributed by atoms with Gasteiger partial charge in [-0.05, 0) is 42.0 Å². The van der Waals surface area contributed by atoms with Crippen LogP contribution in [-0.2, 0) is 11.3 Å². The van der Waals surface area contributed by atoms with Crippen molar-refractivity contribution in [1.29, 1.82) is 0 Å². The molecule has 2 heterocycles. The van der Waals surface area contributed by atoms with Crippen molar-refractivity contribution in [3.63, 3.8) is 0 Å². The molecule has 0 radical (unpaired) electrons. The summed E-state index contributed by atoms with van der Waals surface area (Å²) in [4.78, 5) is 19.7. The van der Waals surface area contributed by atoms with Crippen LogP contribution in [0.25, 0.3) is 0 Å². The number of aliphatic hydroxyl groups excluding tert-OH is 1. The summed E-state index contributed by atoms with van der Waals surface area (Å²) in [7, 11) is 0. The Kier molecular flexibility index (Phi) is 7.46. The zero-order valence-corrected chi connectivity index (χ0v) is 17.5. The maximum Gasteiger partial charge on any atom is 0.254 e. The van der Waals surface area contributed by atoms with Gasteiger partial charge in [0.1, 0.15) is 16.7 Å². The quantitative estimate of drug-likeness (QED) is 0.673. The average Bonchev–Trinajstić information content (AvgIpc) is 2.72. The highest BCUT2D eigenvalue weighted by molar-refractivity contribution is 7.99. The molecule has 2 aromatic rings. The molecule has 8 heteroatoms. The van der Waals surface area contributed by atoms with Gasteiger partial charge in [-0.15, -0.1) is 11.8 Å². The van der Waals surface area contributed by atoms with Gasteiger partial charge in [0, 0.05) is 13.1 Å². The number of hydrogen-bond acceptors (Lipinski definition) is 6. The number of ether oxygens (including phenoxy) is 1. The first-order valence-electron chi connectivity index (χ1n) is 9.65. The Bertz CT molecular complexity index is 865. The van der Waals surface area contributed by atoms with Crippen LogP contribution in [0.2, 0.25) is 0 Å². The number of thioether (sulfide) groups is 1. The molecular weight excluding hydrogens is 393 g/mol. The molecule has 1 aliphatic heterocycles. The lowest BCUT2D eigenvalue weighted by molar-refractivity contribution is 0.0722. The number of rotatable bonds is 7. The number of hydrogen-bond donors (Lipinski definition) is 2. The molecule has 1 unspecified atom stereocenters. The van der Waals surface area contributed by atoms with E-state index in [1.807, 2.05) is 24.8 Å². The second-order valence-electron chi connectivity index (χ2n) is 6.83. The number of pyridine rings is 1. The topological polar surface area (TPSA) is 74.7 Å². The predicted octanol–water partition coefficient (Wildman–Crippen LogP) is 2.77. The number of carbonyl (C=O) groups is 1. The van der Waals surface area contributed by atoms with Crippen molar-refractivity contribution in [1.82, 2.24) is 10.3 Å². The Morgan fingerprint density at radius 1 is 1.45 bits per heavy atom. The fourth-order valence-corrected chi connectivity index (χ4v) is 4.15. The summed E-state index contributed by atoms with van der Waals surface area (Å²) in [5.41, 5.74) is 2.04. The third kappa shape index (κ3) is 5.26. The molecule has 1 atom stereocenters. The lowest BCUT2D eigenvalue weighted by Crippen LogP contribution is -2.48. The van der Waals surface area contributed by atoms with Crippen molar-refractivity contribution >= 4 is 23.5 Å². The van der Waals surface area contributed by atoms with Gasteiger partial charge in [-0.25, -0.2) is 9.37 Å². The number of anilines is 1. The molecule has 1 aromatic heterocycles. The van der Waals surface area contributed by atoms with Gasteiger partial charge in [0.25, 0.3) is 5.91 Å². The van der Waals surface area contributed by atoms with Crippen LogP contribution in [0.4, 0.5) is 10.2 Å². The van der Waals surface area contributed by atoms with E-state index in [1.165, 1.54) is 23.9 Å². The van der Waals surface area contributed by atoms with Gasteiger partial charge in [0.15, 0.2) is 0 Å². The van der Waals surface area contributed by atoms with Crippen molar-refractivity contribution in [2.45, 2.75) is 31.5 Å². The number of nitrogens with one attached hydrogen (secondary N) is 1. The minimum Gasteiger partial charge on any atom is -0.394 e. The molecular formula is C21H26FN3O3S. The first-order chi connectivity index (χ1) is 14.0. The number of aliphatic hydroxyl groups is 1. The van der Waals surface area contributed by atoms with Gasteiger partial charge in [-0.2, -0.15) is 0 Å². The van der Waals surface area contributed by atoms with Crippen LogP contribution < -0.4 is 10.2 Å². The maximum absolute atomic E-state index is 13.4. The fourth-order valence-electron chi connectivity index (χ4n) is 3.32. The molecule has 0 aliphatic carbocycles. The third-order valence-electron chi connectivity index (χ3n) is 4.75. The number of aromatic nitrogens is 1. The molecule has 1 aliphatic rings. The lowest BCUT2D eigenvalue weighted by Gasteiger charge is -2.36. The summed E-state index contributed by atoms with van der Waals surface area (Å²) in [5.74, 6) is 0.946. The van der Waals surface area contributed by atoms with E-state index in [4.69, 9.17) is 9.72 Å². The lowest BCUT2D eigenvalue weighted by atomic mass is 10.1. The number of halogens is 1. The van der Waals surface area contributed by atoms with Gasteiger partial charge in [0.2, 0.25) is 0 Å². The molecule has 0 spiro atoms. The van der Waals surface area contributed by atoms with Crippen LogP contribution in [0.1, 0.15) is 28.4 Å². The van der Waals surface area contributed by atoms with E-state index in [-0.39, 0.29) is 30.9 Å². The minimum absolute atomic E-state index is 0.0210. The van der Waals surface area contributed by atoms with Crippen LogP contribution in [0, 0.1) is 12.7 Å². The van der Waals surface area contributed by atoms with E-state index >= 15 is 0 Å². The smallest absolute Gasteiger partial charge is 0.254 e. The Balaban J connectivity index is 1.84. The van der Waals surface area contributed by atoms with Gasteiger partial charge >= 0.3 is 0 Å². The molecule has 29 heavy (non-hydrogen) atoms. The Hall–Kier alpha value is -2.16. The number of aryl methyl sites for hydroxylation is 1. The third-order valence-corrected chi connectivity index (χ3v) is 5.61. The first-order valence-corrected chi connectivity index (χ1v) is 10.6. The van der Waals surface area contributed by atoms with Crippen molar-refractivity contribution < 1.29 is 19.0 Å². The Labute approximate surface area is 174 Å². The molecule has 1 fully saturated rings. The summed E-state index contributed by atoms with van der Waals surface area (Å²) in [5, 5.41) is 13.2. The van der Waals surface area contributed by atoms with E-state index in [1.54, 1.807) is 12.1 Å². The highest BCUT2D eigenvalue weighted by Crippen LogP contribution is 2.29. The van der Waals surface area contributed by atoms with E-state index < -0.39 is 0 Å². The van der Waals surface area contributed by atoms with E-state index in [2.05, 4.69) is 5.32 Å². The van der Waals surface area contributed by atoms with Gasteiger partial charge in [0.05, 0.1) is 31.4 Å². The van der Waals surface area contributed by atoms with Gasteiger partial charge < -0.3 is 20.1 Å².